The van der Waals surface area contributed by atoms with Crippen LogP contribution in [0.25, 0.3) is 0 Å². The largest absolute Gasteiger partial charge is 0.445 e. The summed E-state index contributed by atoms with van der Waals surface area (Å²) in [6.45, 7) is 2.37. The van der Waals surface area contributed by atoms with Gasteiger partial charge in [-0.05, 0) is 37.5 Å². The first-order valence-electron chi connectivity index (χ1n) is 11.8. The average Bonchev–Trinajstić information content (AvgIpc) is 3.18. The first-order valence-corrected chi connectivity index (χ1v) is 13.5. The molecule has 4 rings (SSSR count). The van der Waals surface area contributed by atoms with Gasteiger partial charge in [-0.2, -0.15) is 0 Å². The lowest BCUT2D eigenvalue weighted by molar-refractivity contribution is -0.135. The van der Waals surface area contributed by atoms with E-state index in [4.69, 9.17) is 4.74 Å². The topological polar surface area (TPSA) is 110 Å². The van der Waals surface area contributed by atoms with E-state index >= 15 is 0 Å². The van der Waals surface area contributed by atoms with E-state index in [2.05, 4.69) is 5.32 Å². The quantitative estimate of drug-likeness (QED) is 0.628. The number of amides is 2. The normalized spacial score (nSPS) is 22.8. The highest BCUT2D eigenvalue weighted by atomic mass is 32.2. The van der Waals surface area contributed by atoms with Gasteiger partial charge in [0.15, 0.2) is 9.84 Å². The lowest BCUT2D eigenvalue weighted by Crippen LogP contribution is -2.50. The Morgan fingerprint density at radius 1 is 1.06 bits per heavy atom. The number of likely N-dealkylation sites (tertiary alicyclic amines) is 1. The predicted octanol–water partition coefficient (Wildman–Crippen LogP) is 3.03. The maximum absolute atomic E-state index is 13.1. The van der Waals surface area contributed by atoms with Crippen LogP contribution in [0.4, 0.5) is 4.79 Å². The second-order valence-corrected chi connectivity index (χ2v) is 11.3. The van der Waals surface area contributed by atoms with Crippen LogP contribution in [0.5, 0.6) is 0 Å². The third-order valence-corrected chi connectivity index (χ3v) is 8.57. The fraction of sp³-hybridized carbons (Fsp3) is 0.423. The maximum Gasteiger partial charge on any atom is 0.408 e. The molecule has 2 aliphatic rings. The number of hydrogen-bond donors (Lipinski definition) is 1. The standard InChI is InChI=1S/C26H30N2O6S/c1-18-7-10-22(11-8-18)35(32,33)17-20-15-21(29)9-12-24(20)28-14-13-23(25(28)30)27-26(31)34-16-19-5-3-2-4-6-19/h2-8,10-11,20,23-24H,9,12-17H2,1H3,(H,27,31)/t20-,23-,24-/m0/s1. The van der Waals surface area contributed by atoms with Crippen molar-refractivity contribution < 1.29 is 27.5 Å². The summed E-state index contributed by atoms with van der Waals surface area (Å²) in [5, 5.41) is 2.63. The summed E-state index contributed by atoms with van der Waals surface area (Å²) < 4.78 is 31.4. The SMILES string of the molecule is Cc1ccc(S(=O)(=O)C[C@@H]2CC(=O)CC[C@@H]2N2CC[C@H](NC(=O)OCc3ccccc3)C2=O)cc1. The smallest absolute Gasteiger partial charge is 0.408 e. The summed E-state index contributed by atoms with van der Waals surface area (Å²) in [6, 6.07) is 14.8. The van der Waals surface area contributed by atoms with Gasteiger partial charge >= 0.3 is 6.09 Å². The van der Waals surface area contributed by atoms with Gasteiger partial charge in [0.1, 0.15) is 18.4 Å². The van der Waals surface area contributed by atoms with Crippen LogP contribution >= 0.6 is 0 Å². The summed E-state index contributed by atoms with van der Waals surface area (Å²) in [4.78, 5) is 39.5. The van der Waals surface area contributed by atoms with Crippen LogP contribution in [-0.2, 0) is 30.8 Å². The molecule has 0 radical (unpaired) electrons. The molecule has 1 heterocycles. The van der Waals surface area contributed by atoms with E-state index in [-0.39, 0.29) is 41.4 Å². The van der Waals surface area contributed by atoms with Crippen LogP contribution in [-0.4, -0.2) is 55.5 Å². The average molecular weight is 499 g/mol. The van der Waals surface area contributed by atoms with Crippen molar-refractivity contribution in [3.63, 3.8) is 0 Å². The highest BCUT2D eigenvalue weighted by Crippen LogP contribution is 2.32. The number of nitrogens with zero attached hydrogens (tertiary/aromatic N) is 1. The van der Waals surface area contributed by atoms with Gasteiger partial charge in [-0.3, -0.25) is 9.59 Å². The van der Waals surface area contributed by atoms with Gasteiger partial charge in [-0.1, -0.05) is 48.0 Å². The minimum absolute atomic E-state index is 0.0103. The number of aryl methyl sites for hydroxylation is 1. The number of ketones is 1. The molecule has 0 bridgehead atoms. The third kappa shape index (κ3) is 6.08. The molecule has 1 aliphatic heterocycles. The van der Waals surface area contributed by atoms with Gasteiger partial charge in [0.2, 0.25) is 5.91 Å². The predicted molar refractivity (Wildman–Crippen MR) is 129 cm³/mol. The van der Waals surface area contributed by atoms with E-state index in [1.54, 1.807) is 29.2 Å². The van der Waals surface area contributed by atoms with Crippen molar-refractivity contribution in [2.45, 2.75) is 56.2 Å². The number of nitrogens with one attached hydrogen (secondary N) is 1. The Morgan fingerprint density at radius 3 is 2.49 bits per heavy atom. The lowest BCUT2D eigenvalue weighted by atomic mass is 9.84. The lowest BCUT2D eigenvalue weighted by Gasteiger charge is -2.37. The minimum Gasteiger partial charge on any atom is -0.445 e. The zero-order valence-corrected chi connectivity index (χ0v) is 20.5. The number of hydrogen-bond acceptors (Lipinski definition) is 6. The highest BCUT2D eigenvalue weighted by Gasteiger charge is 2.43. The van der Waals surface area contributed by atoms with Crippen LogP contribution in [0.3, 0.4) is 0 Å². The first-order chi connectivity index (χ1) is 16.7. The minimum atomic E-state index is -3.63. The molecule has 2 fully saturated rings. The number of carbonyl (C=O) groups is 3. The number of benzene rings is 2. The molecule has 1 N–H and O–H groups in total. The number of alkyl carbamates (subject to hydrolysis) is 1. The van der Waals surface area contributed by atoms with Gasteiger partial charge in [-0.25, -0.2) is 13.2 Å². The van der Waals surface area contributed by atoms with Gasteiger partial charge < -0.3 is 15.0 Å². The van der Waals surface area contributed by atoms with Crippen molar-refractivity contribution in [3.8, 4) is 0 Å². The van der Waals surface area contributed by atoms with E-state index < -0.39 is 27.9 Å². The van der Waals surface area contributed by atoms with Crippen LogP contribution in [0, 0.1) is 12.8 Å². The monoisotopic (exact) mass is 498 g/mol. The summed E-state index contributed by atoms with van der Waals surface area (Å²) >= 11 is 0. The van der Waals surface area contributed by atoms with Crippen LogP contribution in [0.1, 0.15) is 36.8 Å². The Kier molecular flexibility index (Phi) is 7.54. The maximum atomic E-state index is 13.1. The number of carbonyl (C=O) groups excluding carboxylic acids is 3. The molecule has 0 unspecified atom stereocenters. The van der Waals surface area contributed by atoms with Gasteiger partial charge in [0.25, 0.3) is 0 Å². The molecular formula is C26H30N2O6S. The Balaban J connectivity index is 1.40. The fourth-order valence-electron chi connectivity index (χ4n) is 4.85. The molecule has 9 heteroatoms. The number of sulfone groups is 1. The Bertz CT molecular complexity index is 1180. The summed E-state index contributed by atoms with van der Waals surface area (Å²) in [6.07, 6.45) is 0.584. The van der Waals surface area contributed by atoms with Crippen LogP contribution < -0.4 is 5.32 Å². The van der Waals surface area contributed by atoms with E-state index in [1.807, 2.05) is 37.3 Å². The van der Waals surface area contributed by atoms with E-state index in [0.717, 1.165) is 11.1 Å². The summed E-state index contributed by atoms with van der Waals surface area (Å²) in [7, 11) is -3.63. The molecular weight excluding hydrogens is 468 g/mol. The van der Waals surface area contributed by atoms with Crippen molar-refractivity contribution in [3.05, 3.63) is 65.7 Å². The van der Waals surface area contributed by atoms with Crippen molar-refractivity contribution in [1.82, 2.24) is 10.2 Å². The van der Waals surface area contributed by atoms with Gasteiger partial charge in [0, 0.05) is 31.3 Å². The zero-order chi connectivity index (χ0) is 25.0. The molecule has 2 aromatic rings. The molecule has 1 aliphatic carbocycles. The number of ether oxygens (including phenoxy) is 1. The van der Waals surface area contributed by atoms with Crippen LogP contribution in [0.2, 0.25) is 0 Å². The Morgan fingerprint density at radius 2 is 1.77 bits per heavy atom. The molecule has 8 nitrogen and oxygen atoms in total. The van der Waals surface area contributed by atoms with Gasteiger partial charge in [0.05, 0.1) is 10.6 Å². The molecule has 186 valence electrons. The van der Waals surface area contributed by atoms with Crippen molar-refractivity contribution in [2.24, 2.45) is 5.92 Å². The molecule has 3 atom stereocenters. The van der Waals surface area contributed by atoms with Crippen molar-refractivity contribution in [2.75, 3.05) is 12.3 Å². The summed E-state index contributed by atoms with van der Waals surface area (Å²) in [5.74, 6) is -0.946. The third-order valence-electron chi connectivity index (χ3n) is 6.71. The molecule has 2 amide bonds. The van der Waals surface area contributed by atoms with Crippen molar-refractivity contribution in [1.29, 1.82) is 0 Å². The molecule has 2 aromatic carbocycles. The number of rotatable bonds is 7. The summed E-state index contributed by atoms with van der Waals surface area (Å²) in [5.41, 5.74) is 1.80. The molecule has 0 spiro atoms. The van der Waals surface area contributed by atoms with Crippen molar-refractivity contribution >= 4 is 27.6 Å². The molecule has 1 saturated carbocycles. The molecule has 0 aromatic heterocycles. The second kappa shape index (κ2) is 10.6. The van der Waals surface area contributed by atoms with E-state index in [1.165, 1.54) is 0 Å². The number of Topliss-reactive ketones (excluding diaryl/α,β-unsaturated/α-hetero) is 1. The first kappa shape index (κ1) is 24.9. The Hall–Kier alpha value is -3.20. The second-order valence-electron chi connectivity index (χ2n) is 9.28. The van der Waals surface area contributed by atoms with Gasteiger partial charge in [-0.15, -0.1) is 0 Å². The molecule has 1 saturated heterocycles. The van der Waals surface area contributed by atoms with Crippen LogP contribution in [0.15, 0.2) is 59.5 Å². The highest BCUT2D eigenvalue weighted by molar-refractivity contribution is 7.91. The molecule has 35 heavy (non-hydrogen) atoms. The fourth-order valence-corrected chi connectivity index (χ4v) is 6.50. The zero-order valence-electron chi connectivity index (χ0n) is 19.7. The van der Waals surface area contributed by atoms with E-state index in [0.29, 0.717) is 25.8 Å². The van der Waals surface area contributed by atoms with E-state index in [9.17, 15) is 22.8 Å². The Labute approximate surface area is 205 Å².